The third kappa shape index (κ3) is 3.92. The fourth-order valence-electron chi connectivity index (χ4n) is 1.10. The minimum Gasteiger partial charge on any atom is -0.494 e. The van der Waals surface area contributed by atoms with Crippen molar-refractivity contribution in [3.8, 4) is 5.75 Å². The second kappa shape index (κ2) is 6.60. The molecule has 0 unspecified atom stereocenters. The Morgan fingerprint density at radius 3 is 3.00 bits per heavy atom. The Kier molecular flexibility index (Phi) is 5.30. The molecule has 0 saturated heterocycles. The minimum absolute atomic E-state index is 0.454. The van der Waals surface area contributed by atoms with Gasteiger partial charge < -0.3 is 9.53 Å². The minimum atomic E-state index is 0.454. The van der Waals surface area contributed by atoms with E-state index in [4.69, 9.17) is 4.74 Å². The summed E-state index contributed by atoms with van der Waals surface area (Å²) in [6.45, 7) is 0.704. The molecule has 0 N–H and O–H groups in total. The van der Waals surface area contributed by atoms with Gasteiger partial charge in [0.05, 0.1) is 6.61 Å². The number of hydrogen-bond donors (Lipinski definition) is 0. The molecule has 0 saturated carbocycles. The van der Waals surface area contributed by atoms with Crippen molar-refractivity contribution >= 4 is 22.2 Å². The lowest BCUT2D eigenvalue weighted by Crippen LogP contribution is -1.98. The summed E-state index contributed by atoms with van der Waals surface area (Å²) in [5.74, 6) is 0.838. The van der Waals surface area contributed by atoms with E-state index in [9.17, 15) is 4.79 Å². The fourth-order valence-corrected chi connectivity index (χ4v) is 1.33. The number of halogens is 1. The van der Waals surface area contributed by atoms with Crippen molar-refractivity contribution in [2.75, 3.05) is 11.9 Å². The molecule has 0 aliphatic heterocycles. The van der Waals surface area contributed by atoms with Crippen LogP contribution in [0.5, 0.6) is 5.75 Å². The summed E-state index contributed by atoms with van der Waals surface area (Å²) in [7, 11) is 0. The number of ether oxygens (including phenoxy) is 1. The zero-order valence-electron chi connectivity index (χ0n) is 7.91. The first-order valence-electron chi connectivity index (χ1n) is 4.58. The van der Waals surface area contributed by atoms with Crippen molar-refractivity contribution < 1.29 is 9.53 Å². The highest BCUT2D eigenvalue weighted by Crippen LogP contribution is 2.13. The lowest BCUT2D eigenvalue weighted by molar-refractivity contribution is -0.107. The summed E-state index contributed by atoms with van der Waals surface area (Å²) < 4.78 is 5.49. The van der Waals surface area contributed by atoms with Gasteiger partial charge in [-0.2, -0.15) is 0 Å². The van der Waals surface area contributed by atoms with Gasteiger partial charge in [-0.3, -0.25) is 0 Å². The second-order valence-electron chi connectivity index (χ2n) is 2.91. The van der Waals surface area contributed by atoms with Crippen molar-refractivity contribution in [2.24, 2.45) is 0 Å². The summed E-state index contributed by atoms with van der Waals surface area (Å²) in [6.07, 6.45) is 2.34. The van der Waals surface area contributed by atoms with Crippen LogP contribution in [0.4, 0.5) is 0 Å². The summed E-state index contributed by atoms with van der Waals surface area (Å²) in [6, 6.07) is 7.64. The van der Waals surface area contributed by atoms with Gasteiger partial charge in [0.25, 0.3) is 0 Å². The highest BCUT2D eigenvalue weighted by molar-refractivity contribution is 9.09. The first-order chi connectivity index (χ1) is 6.86. The summed E-state index contributed by atoms with van der Waals surface area (Å²) >= 11 is 3.34. The Morgan fingerprint density at radius 2 is 2.29 bits per heavy atom. The van der Waals surface area contributed by atoms with E-state index in [1.807, 2.05) is 24.3 Å². The lowest BCUT2D eigenvalue weighted by atomic mass is 10.1. The molecular formula is C11H13BrO2. The standard InChI is InChI=1S/C11H13BrO2/c12-6-2-8-14-11-4-1-3-10(9-11)5-7-13/h1,3-4,7,9H,2,5-6,8H2. The lowest BCUT2D eigenvalue weighted by Gasteiger charge is -2.05. The molecule has 76 valence electrons. The molecule has 0 atom stereocenters. The highest BCUT2D eigenvalue weighted by atomic mass is 79.9. The van der Waals surface area contributed by atoms with Crippen LogP contribution in [0.25, 0.3) is 0 Å². The molecule has 0 heterocycles. The molecular weight excluding hydrogens is 244 g/mol. The zero-order valence-corrected chi connectivity index (χ0v) is 9.50. The summed E-state index contributed by atoms with van der Waals surface area (Å²) in [4.78, 5) is 10.3. The Morgan fingerprint density at radius 1 is 1.43 bits per heavy atom. The van der Waals surface area contributed by atoms with Crippen LogP contribution in [0.2, 0.25) is 0 Å². The van der Waals surface area contributed by atoms with Crippen LogP contribution < -0.4 is 4.74 Å². The second-order valence-corrected chi connectivity index (χ2v) is 3.70. The van der Waals surface area contributed by atoms with E-state index < -0.39 is 0 Å². The fraction of sp³-hybridized carbons (Fsp3) is 0.364. The van der Waals surface area contributed by atoms with Crippen molar-refractivity contribution in [3.05, 3.63) is 29.8 Å². The maximum Gasteiger partial charge on any atom is 0.124 e. The monoisotopic (exact) mass is 256 g/mol. The van der Waals surface area contributed by atoms with Crippen molar-refractivity contribution in [3.63, 3.8) is 0 Å². The maximum atomic E-state index is 10.3. The van der Waals surface area contributed by atoms with E-state index in [0.717, 1.165) is 29.4 Å². The van der Waals surface area contributed by atoms with E-state index >= 15 is 0 Å². The van der Waals surface area contributed by atoms with Gasteiger partial charge in [0.2, 0.25) is 0 Å². The van der Waals surface area contributed by atoms with Gasteiger partial charge in [-0.1, -0.05) is 28.1 Å². The van der Waals surface area contributed by atoms with Crippen LogP contribution in [0.3, 0.4) is 0 Å². The molecule has 3 heteroatoms. The van der Waals surface area contributed by atoms with Crippen LogP contribution in [0.1, 0.15) is 12.0 Å². The molecule has 0 bridgehead atoms. The van der Waals surface area contributed by atoms with Gasteiger partial charge in [0.15, 0.2) is 0 Å². The molecule has 2 nitrogen and oxygen atoms in total. The van der Waals surface area contributed by atoms with Crippen LogP contribution in [-0.4, -0.2) is 18.2 Å². The van der Waals surface area contributed by atoms with E-state index in [-0.39, 0.29) is 0 Å². The first kappa shape index (κ1) is 11.2. The molecule has 0 amide bonds. The van der Waals surface area contributed by atoms with E-state index in [2.05, 4.69) is 15.9 Å². The largest absolute Gasteiger partial charge is 0.494 e. The van der Waals surface area contributed by atoms with Crippen LogP contribution in [0, 0.1) is 0 Å². The molecule has 0 aliphatic carbocycles. The Balaban J connectivity index is 2.50. The van der Waals surface area contributed by atoms with Gasteiger partial charge in [0, 0.05) is 11.8 Å². The molecule has 1 aromatic rings. The normalized spacial score (nSPS) is 9.79. The SMILES string of the molecule is O=CCc1cccc(OCCCBr)c1. The quantitative estimate of drug-likeness (QED) is 0.445. The smallest absolute Gasteiger partial charge is 0.124 e. The van der Waals surface area contributed by atoms with Crippen LogP contribution in [-0.2, 0) is 11.2 Å². The molecule has 1 aromatic carbocycles. The molecule has 14 heavy (non-hydrogen) atoms. The topological polar surface area (TPSA) is 26.3 Å². The first-order valence-corrected chi connectivity index (χ1v) is 5.70. The average Bonchev–Trinajstić information content (AvgIpc) is 2.19. The Hall–Kier alpha value is -0.830. The van der Waals surface area contributed by atoms with Gasteiger partial charge in [0.1, 0.15) is 12.0 Å². The summed E-state index contributed by atoms with van der Waals surface area (Å²) in [5, 5.41) is 0.945. The third-order valence-electron chi connectivity index (χ3n) is 1.76. The number of hydrogen-bond acceptors (Lipinski definition) is 2. The number of carbonyl (C=O) groups is 1. The molecule has 0 radical (unpaired) electrons. The van der Waals surface area contributed by atoms with Gasteiger partial charge >= 0.3 is 0 Å². The van der Waals surface area contributed by atoms with E-state index in [1.54, 1.807) is 0 Å². The number of rotatable bonds is 6. The highest BCUT2D eigenvalue weighted by Gasteiger charge is 1.95. The molecule has 0 aromatic heterocycles. The third-order valence-corrected chi connectivity index (χ3v) is 2.32. The van der Waals surface area contributed by atoms with E-state index in [1.165, 1.54) is 0 Å². The van der Waals surface area contributed by atoms with Gasteiger partial charge in [-0.15, -0.1) is 0 Å². The van der Waals surface area contributed by atoms with Crippen molar-refractivity contribution in [1.82, 2.24) is 0 Å². The molecule has 0 spiro atoms. The number of alkyl halides is 1. The van der Waals surface area contributed by atoms with Gasteiger partial charge in [-0.25, -0.2) is 0 Å². The summed E-state index contributed by atoms with van der Waals surface area (Å²) in [5.41, 5.74) is 0.997. The molecule has 0 aliphatic rings. The van der Waals surface area contributed by atoms with Crippen molar-refractivity contribution in [2.45, 2.75) is 12.8 Å². The average molecular weight is 257 g/mol. The Labute approximate surface area is 92.4 Å². The number of aldehydes is 1. The Bertz CT molecular complexity index is 286. The maximum absolute atomic E-state index is 10.3. The number of benzene rings is 1. The van der Waals surface area contributed by atoms with Crippen molar-refractivity contribution in [1.29, 1.82) is 0 Å². The molecule has 0 fully saturated rings. The number of carbonyl (C=O) groups excluding carboxylic acids is 1. The van der Waals surface area contributed by atoms with Crippen LogP contribution in [0.15, 0.2) is 24.3 Å². The molecule has 1 rings (SSSR count). The van der Waals surface area contributed by atoms with Gasteiger partial charge in [-0.05, 0) is 24.1 Å². The zero-order chi connectivity index (χ0) is 10.2. The van der Waals surface area contributed by atoms with Crippen LogP contribution >= 0.6 is 15.9 Å². The predicted octanol–water partition coefficient (Wildman–Crippen LogP) is 2.59. The predicted molar refractivity (Wildman–Crippen MR) is 60.1 cm³/mol. The van der Waals surface area contributed by atoms with E-state index in [0.29, 0.717) is 13.0 Å².